The highest BCUT2D eigenvalue weighted by Crippen LogP contribution is 2.29. The summed E-state index contributed by atoms with van der Waals surface area (Å²) in [5.74, 6) is -0.00495. The van der Waals surface area contributed by atoms with Gasteiger partial charge >= 0.3 is 0 Å². The summed E-state index contributed by atoms with van der Waals surface area (Å²) in [6.45, 7) is 0. The Bertz CT molecular complexity index is 688. The molecule has 1 heterocycles. The van der Waals surface area contributed by atoms with Crippen LogP contribution in [0, 0.1) is 0 Å². The zero-order valence-electron chi connectivity index (χ0n) is 11.1. The standard InChI is InChI=1S/C16H13ClN2OS/c17-12-8-4-5-9-13(12)18-16-19-15(20)14(21-16)10-11-6-2-1-3-7-11/h1-9,14H,10H2,(H,18,19,20)/t14-/m0/s1. The number of hydrogen-bond acceptors (Lipinski definition) is 3. The van der Waals surface area contributed by atoms with E-state index in [4.69, 9.17) is 11.6 Å². The number of hydrogen-bond donors (Lipinski definition) is 1. The Morgan fingerprint density at radius 2 is 1.81 bits per heavy atom. The number of halogens is 1. The van der Waals surface area contributed by atoms with E-state index in [1.807, 2.05) is 48.5 Å². The van der Waals surface area contributed by atoms with Crippen LogP contribution in [0.1, 0.15) is 5.56 Å². The topological polar surface area (TPSA) is 41.5 Å². The van der Waals surface area contributed by atoms with Gasteiger partial charge in [0.2, 0.25) is 5.91 Å². The summed E-state index contributed by atoms with van der Waals surface area (Å²) in [7, 11) is 0. The van der Waals surface area contributed by atoms with Crippen molar-refractivity contribution in [3.63, 3.8) is 0 Å². The molecule has 5 heteroatoms. The molecular weight excluding hydrogens is 304 g/mol. The predicted octanol–water partition coefficient (Wildman–Crippen LogP) is 3.80. The molecule has 2 aromatic rings. The van der Waals surface area contributed by atoms with Gasteiger partial charge in [-0.25, -0.2) is 4.99 Å². The highest BCUT2D eigenvalue weighted by molar-refractivity contribution is 8.15. The van der Waals surface area contributed by atoms with Crippen molar-refractivity contribution in [2.45, 2.75) is 11.7 Å². The number of amidine groups is 1. The summed E-state index contributed by atoms with van der Waals surface area (Å²) in [5, 5.41) is 3.85. The second-order valence-corrected chi connectivity index (χ2v) is 6.25. The SMILES string of the molecule is O=C1NC(=Nc2ccccc2Cl)S[C@H]1Cc1ccccc1. The van der Waals surface area contributed by atoms with E-state index < -0.39 is 0 Å². The third-order valence-electron chi connectivity index (χ3n) is 3.11. The van der Waals surface area contributed by atoms with Gasteiger partial charge in [-0.1, -0.05) is 65.8 Å². The van der Waals surface area contributed by atoms with Gasteiger partial charge in [0.15, 0.2) is 5.17 Å². The van der Waals surface area contributed by atoms with Crippen LogP contribution in [0.4, 0.5) is 5.69 Å². The van der Waals surface area contributed by atoms with E-state index in [1.165, 1.54) is 11.8 Å². The van der Waals surface area contributed by atoms with Crippen LogP contribution in [0.5, 0.6) is 0 Å². The lowest BCUT2D eigenvalue weighted by Gasteiger charge is -2.04. The number of amides is 1. The summed E-state index contributed by atoms with van der Waals surface area (Å²) < 4.78 is 0. The van der Waals surface area contributed by atoms with Crippen LogP contribution in [-0.2, 0) is 11.2 Å². The van der Waals surface area contributed by atoms with Crippen LogP contribution in [-0.4, -0.2) is 16.3 Å². The summed E-state index contributed by atoms with van der Waals surface area (Å²) >= 11 is 7.52. The summed E-state index contributed by atoms with van der Waals surface area (Å²) in [6, 6.07) is 17.3. The fraction of sp³-hybridized carbons (Fsp3) is 0.125. The number of thioether (sulfide) groups is 1. The molecule has 1 atom stereocenters. The number of para-hydroxylation sites is 1. The van der Waals surface area contributed by atoms with E-state index in [0.29, 0.717) is 22.3 Å². The van der Waals surface area contributed by atoms with Crippen molar-refractivity contribution >= 4 is 40.1 Å². The molecule has 3 nitrogen and oxygen atoms in total. The first-order valence-electron chi connectivity index (χ1n) is 6.57. The summed E-state index contributed by atoms with van der Waals surface area (Å²) in [4.78, 5) is 16.4. The second-order valence-electron chi connectivity index (χ2n) is 4.65. The van der Waals surface area contributed by atoms with Gasteiger partial charge in [0.25, 0.3) is 0 Å². The average molecular weight is 317 g/mol. The predicted molar refractivity (Wildman–Crippen MR) is 88.2 cm³/mol. The molecule has 1 amide bonds. The average Bonchev–Trinajstić information content (AvgIpc) is 2.82. The molecule has 1 saturated heterocycles. The summed E-state index contributed by atoms with van der Waals surface area (Å²) in [5.41, 5.74) is 1.81. The van der Waals surface area contributed by atoms with Crippen molar-refractivity contribution in [2.75, 3.05) is 0 Å². The molecule has 1 aliphatic rings. The maximum Gasteiger partial charge on any atom is 0.239 e. The minimum atomic E-state index is -0.145. The van der Waals surface area contributed by atoms with Crippen LogP contribution >= 0.6 is 23.4 Å². The van der Waals surface area contributed by atoms with Gasteiger partial charge in [0.1, 0.15) is 0 Å². The van der Waals surface area contributed by atoms with E-state index in [9.17, 15) is 4.79 Å². The van der Waals surface area contributed by atoms with Gasteiger partial charge < -0.3 is 5.32 Å². The molecule has 0 bridgehead atoms. The molecule has 0 spiro atoms. The second kappa shape index (κ2) is 6.33. The van der Waals surface area contributed by atoms with Gasteiger partial charge in [0, 0.05) is 0 Å². The first kappa shape index (κ1) is 14.2. The van der Waals surface area contributed by atoms with Gasteiger partial charge in [-0.05, 0) is 24.1 Å². The molecule has 0 saturated carbocycles. The number of nitrogens with one attached hydrogen (secondary N) is 1. The Morgan fingerprint density at radius 1 is 1.10 bits per heavy atom. The van der Waals surface area contributed by atoms with Gasteiger partial charge in [0.05, 0.1) is 16.0 Å². The number of rotatable bonds is 3. The lowest BCUT2D eigenvalue weighted by molar-refractivity contribution is -0.118. The fourth-order valence-corrected chi connectivity index (χ4v) is 3.27. The Morgan fingerprint density at radius 3 is 2.57 bits per heavy atom. The van der Waals surface area contributed by atoms with Gasteiger partial charge in [-0.3, -0.25) is 4.79 Å². The highest BCUT2D eigenvalue weighted by atomic mass is 35.5. The molecule has 2 aromatic carbocycles. The number of carbonyl (C=O) groups is 1. The molecule has 0 aliphatic carbocycles. The number of nitrogens with zero attached hydrogens (tertiary/aromatic N) is 1. The van der Waals surface area contributed by atoms with Gasteiger partial charge in [-0.2, -0.15) is 0 Å². The van der Waals surface area contributed by atoms with Crippen molar-refractivity contribution in [2.24, 2.45) is 4.99 Å². The molecule has 1 N–H and O–H groups in total. The molecule has 1 fully saturated rings. The maximum absolute atomic E-state index is 12.0. The first-order valence-corrected chi connectivity index (χ1v) is 7.83. The lowest BCUT2D eigenvalue weighted by Crippen LogP contribution is -2.25. The molecular formula is C16H13ClN2OS. The Kier molecular flexibility index (Phi) is 4.27. The molecule has 21 heavy (non-hydrogen) atoms. The molecule has 0 unspecified atom stereocenters. The van der Waals surface area contributed by atoms with Crippen LogP contribution in [0.3, 0.4) is 0 Å². The largest absolute Gasteiger partial charge is 0.304 e. The van der Waals surface area contributed by atoms with E-state index in [2.05, 4.69) is 10.3 Å². The molecule has 106 valence electrons. The number of carbonyl (C=O) groups excluding carboxylic acids is 1. The molecule has 1 aliphatic heterocycles. The van der Waals surface area contributed by atoms with Crippen molar-refractivity contribution < 1.29 is 4.79 Å². The van der Waals surface area contributed by atoms with Crippen LogP contribution in [0.15, 0.2) is 59.6 Å². The van der Waals surface area contributed by atoms with Crippen molar-refractivity contribution in [3.05, 3.63) is 65.2 Å². The number of aliphatic imine (C=N–C) groups is 1. The van der Waals surface area contributed by atoms with E-state index in [-0.39, 0.29) is 11.2 Å². The van der Waals surface area contributed by atoms with Crippen LogP contribution in [0.25, 0.3) is 0 Å². The van der Waals surface area contributed by atoms with E-state index in [1.54, 1.807) is 6.07 Å². The third-order valence-corrected chi connectivity index (χ3v) is 4.52. The zero-order valence-corrected chi connectivity index (χ0v) is 12.7. The normalized spacial score (nSPS) is 19.8. The Labute approximate surface area is 132 Å². The smallest absolute Gasteiger partial charge is 0.239 e. The first-order chi connectivity index (χ1) is 10.2. The molecule has 3 rings (SSSR count). The third kappa shape index (κ3) is 3.46. The monoisotopic (exact) mass is 316 g/mol. The minimum absolute atomic E-state index is 0.00495. The minimum Gasteiger partial charge on any atom is -0.304 e. The Hall–Kier alpha value is -1.78. The lowest BCUT2D eigenvalue weighted by atomic mass is 10.1. The summed E-state index contributed by atoms with van der Waals surface area (Å²) in [6.07, 6.45) is 0.693. The van der Waals surface area contributed by atoms with Crippen LogP contribution < -0.4 is 5.32 Å². The van der Waals surface area contributed by atoms with E-state index in [0.717, 1.165) is 5.56 Å². The molecule has 0 radical (unpaired) electrons. The van der Waals surface area contributed by atoms with E-state index >= 15 is 0 Å². The zero-order chi connectivity index (χ0) is 14.7. The Balaban J connectivity index is 1.74. The van der Waals surface area contributed by atoms with Crippen molar-refractivity contribution in [1.82, 2.24) is 5.32 Å². The highest BCUT2D eigenvalue weighted by Gasteiger charge is 2.30. The van der Waals surface area contributed by atoms with Crippen molar-refractivity contribution in [1.29, 1.82) is 0 Å². The van der Waals surface area contributed by atoms with Gasteiger partial charge in [-0.15, -0.1) is 0 Å². The quantitative estimate of drug-likeness (QED) is 0.935. The van der Waals surface area contributed by atoms with Crippen molar-refractivity contribution in [3.8, 4) is 0 Å². The van der Waals surface area contributed by atoms with Crippen LogP contribution in [0.2, 0.25) is 5.02 Å². The molecule has 0 aromatic heterocycles. The number of benzene rings is 2. The maximum atomic E-state index is 12.0. The fourth-order valence-electron chi connectivity index (χ4n) is 2.07.